The number of nitrogens with zero attached hydrogens (tertiary/aromatic N) is 3. The van der Waals surface area contributed by atoms with E-state index in [1.165, 1.54) is 0 Å². The van der Waals surface area contributed by atoms with Gasteiger partial charge in [-0.3, -0.25) is 4.98 Å². The SMILES string of the molecule is N#Cc1cccc(NC(c2cccc(Cl)c2)c2ccccn2)n1. The summed E-state index contributed by atoms with van der Waals surface area (Å²) in [5.74, 6) is 0.611. The van der Waals surface area contributed by atoms with Crippen molar-refractivity contribution in [2.75, 3.05) is 5.32 Å². The van der Waals surface area contributed by atoms with E-state index in [9.17, 15) is 0 Å². The fraction of sp³-hybridized carbons (Fsp3) is 0.0556. The minimum atomic E-state index is -0.212. The zero-order chi connectivity index (χ0) is 16.1. The number of pyridine rings is 2. The molecule has 0 aliphatic rings. The minimum absolute atomic E-state index is 0.212. The lowest BCUT2D eigenvalue weighted by atomic mass is 10.0. The van der Waals surface area contributed by atoms with Gasteiger partial charge in [-0.25, -0.2) is 4.98 Å². The molecule has 2 heterocycles. The number of aromatic nitrogens is 2. The smallest absolute Gasteiger partial charge is 0.142 e. The number of nitriles is 1. The number of hydrogen-bond donors (Lipinski definition) is 1. The molecule has 0 aliphatic heterocycles. The van der Waals surface area contributed by atoms with E-state index in [1.54, 1.807) is 18.3 Å². The fourth-order valence-electron chi connectivity index (χ4n) is 2.29. The van der Waals surface area contributed by atoms with Gasteiger partial charge in [0.2, 0.25) is 0 Å². The van der Waals surface area contributed by atoms with Crippen molar-refractivity contribution in [3.63, 3.8) is 0 Å². The molecule has 1 aromatic carbocycles. The highest BCUT2D eigenvalue weighted by Crippen LogP contribution is 2.26. The summed E-state index contributed by atoms with van der Waals surface area (Å²) >= 11 is 6.12. The third-order valence-electron chi connectivity index (χ3n) is 3.32. The molecule has 0 bridgehead atoms. The van der Waals surface area contributed by atoms with Crippen LogP contribution in [-0.4, -0.2) is 9.97 Å². The Morgan fingerprint density at radius 3 is 2.65 bits per heavy atom. The molecule has 0 aliphatic carbocycles. The van der Waals surface area contributed by atoms with Crippen LogP contribution in [0.4, 0.5) is 5.82 Å². The highest BCUT2D eigenvalue weighted by molar-refractivity contribution is 6.30. The maximum absolute atomic E-state index is 9.00. The molecule has 1 unspecified atom stereocenters. The highest BCUT2D eigenvalue weighted by atomic mass is 35.5. The van der Waals surface area contributed by atoms with Crippen molar-refractivity contribution in [2.24, 2.45) is 0 Å². The van der Waals surface area contributed by atoms with Gasteiger partial charge in [-0.15, -0.1) is 0 Å². The van der Waals surface area contributed by atoms with Crippen molar-refractivity contribution < 1.29 is 0 Å². The molecule has 5 heteroatoms. The van der Waals surface area contributed by atoms with Crippen molar-refractivity contribution in [3.8, 4) is 6.07 Å². The van der Waals surface area contributed by atoms with E-state index < -0.39 is 0 Å². The largest absolute Gasteiger partial charge is 0.358 e. The second-order valence-electron chi connectivity index (χ2n) is 4.91. The number of hydrogen-bond acceptors (Lipinski definition) is 4. The van der Waals surface area contributed by atoms with Crippen LogP contribution in [0.1, 0.15) is 23.0 Å². The van der Waals surface area contributed by atoms with Gasteiger partial charge in [0.1, 0.15) is 17.6 Å². The molecular weight excluding hydrogens is 308 g/mol. The van der Waals surface area contributed by atoms with E-state index in [1.807, 2.05) is 54.6 Å². The first-order valence-electron chi connectivity index (χ1n) is 7.06. The second-order valence-corrected chi connectivity index (χ2v) is 5.34. The Labute approximate surface area is 139 Å². The molecule has 112 valence electrons. The molecule has 2 aromatic heterocycles. The van der Waals surface area contributed by atoms with Crippen LogP contribution in [0.3, 0.4) is 0 Å². The van der Waals surface area contributed by atoms with Crippen LogP contribution in [-0.2, 0) is 0 Å². The molecule has 3 aromatic rings. The lowest BCUT2D eigenvalue weighted by Gasteiger charge is -2.19. The van der Waals surface area contributed by atoms with Crippen molar-refractivity contribution >= 4 is 17.4 Å². The Bertz CT molecular complexity index is 843. The van der Waals surface area contributed by atoms with E-state index in [4.69, 9.17) is 16.9 Å². The van der Waals surface area contributed by atoms with Gasteiger partial charge in [-0.05, 0) is 42.0 Å². The summed E-state index contributed by atoms with van der Waals surface area (Å²) < 4.78 is 0. The van der Waals surface area contributed by atoms with E-state index in [2.05, 4.69) is 15.3 Å². The molecule has 23 heavy (non-hydrogen) atoms. The number of halogens is 1. The molecular formula is C18H13ClN4. The highest BCUT2D eigenvalue weighted by Gasteiger charge is 2.16. The van der Waals surface area contributed by atoms with Gasteiger partial charge in [-0.2, -0.15) is 5.26 Å². The molecule has 1 N–H and O–H groups in total. The van der Waals surface area contributed by atoms with Crippen molar-refractivity contribution in [1.82, 2.24) is 9.97 Å². The van der Waals surface area contributed by atoms with Gasteiger partial charge in [0.15, 0.2) is 0 Å². The Balaban J connectivity index is 2.00. The molecule has 0 radical (unpaired) electrons. The van der Waals surface area contributed by atoms with Gasteiger partial charge in [-0.1, -0.05) is 35.9 Å². The summed E-state index contributed by atoms with van der Waals surface area (Å²) in [4.78, 5) is 8.70. The minimum Gasteiger partial charge on any atom is -0.358 e. The Morgan fingerprint density at radius 2 is 1.91 bits per heavy atom. The van der Waals surface area contributed by atoms with E-state index in [-0.39, 0.29) is 6.04 Å². The Kier molecular flexibility index (Phi) is 4.51. The molecule has 4 nitrogen and oxygen atoms in total. The molecule has 1 atom stereocenters. The lowest BCUT2D eigenvalue weighted by molar-refractivity contribution is 0.877. The van der Waals surface area contributed by atoms with Crippen LogP contribution < -0.4 is 5.32 Å². The zero-order valence-corrected chi connectivity index (χ0v) is 12.9. The van der Waals surface area contributed by atoms with Crippen LogP contribution in [0.5, 0.6) is 0 Å². The number of rotatable bonds is 4. The monoisotopic (exact) mass is 320 g/mol. The van der Waals surface area contributed by atoms with E-state index >= 15 is 0 Å². The number of nitrogens with one attached hydrogen (secondary N) is 1. The molecule has 0 fully saturated rings. The van der Waals surface area contributed by atoms with Crippen LogP contribution in [0.25, 0.3) is 0 Å². The van der Waals surface area contributed by atoms with Gasteiger partial charge >= 0.3 is 0 Å². The topological polar surface area (TPSA) is 61.6 Å². The maximum Gasteiger partial charge on any atom is 0.142 e. The zero-order valence-electron chi connectivity index (χ0n) is 12.1. The van der Waals surface area contributed by atoms with Gasteiger partial charge < -0.3 is 5.32 Å². The predicted octanol–water partition coefficient (Wildman–Crippen LogP) is 4.20. The van der Waals surface area contributed by atoms with Gasteiger partial charge in [0.25, 0.3) is 0 Å². The third-order valence-corrected chi connectivity index (χ3v) is 3.56. The summed E-state index contributed by atoms with van der Waals surface area (Å²) in [5, 5.41) is 13.0. The summed E-state index contributed by atoms with van der Waals surface area (Å²) in [6, 6.07) is 20.4. The lowest BCUT2D eigenvalue weighted by Crippen LogP contribution is -2.14. The normalized spacial score (nSPS) is 11.5. The van der Waals surface area contributed by atoms with Crippen LogP contribution >= 0.6 is 11.6 Å². The average Bonchev–Trinajstić information content (AvgIpc) is 2.60. The first-order valence-corrected chi connectivity index (χ1v) is 7.44. The standard InChI is InChI=1S/C18H13ClN4/c19-14-6-3-5-13(11-14)18(16-8-1-2-10-21-16)23-17-9-4-7-15(12-20)22-17/h1-11,18H,(H,22,23). The van der Waals surface area contributed by atoms with Gasteiger partial charge in [0.05, 0.1) is 11.7 Å². The molecule has 0 spiro atoms. The van der Waals surface area contributed by atoms with Crippen molar-refractivity contribution in [1.29, 1.82) is 5.26 Å². The average molecular weight is 321 g/mol. The van der Waals surface area contributed by atoms with Crippen LogP contribution in [0.15, 0.2) is 66.9 Å². The predicted molar refractivity (Wildman–Crippen MR) is 90.1 cm³/mol. The molecule has 0 saturated carbocycles. The maximum atomic E-state index is 9.00. The molecule has 0 saturated heterocycles. The summed E-state index contributed by atoms with van der Waals surface area (Å²) in [6.45, 7) is 0. The number of benzene rings is 1. The third kappa shape index (κ3) is 3.65. The van der Waals surface area contributed by atoms with Crippen molar-refractivity contribution in [2.45, 2.75) is 6.04 Å². The Hall–Kier alpha value is -2.90. The van der Waals surface area contributed by atoms with E-state index in [0.717, 1.165) is 11.3 Å². The van der Waals surface area contributed by atoms with Gasteiger partial charge in [0, 0.05) is 11.2 Å². The molecule has 3 rings (SSSR count). The summed E-state index contributed by atoms with van der Waals surface area (Å²) in [6.07, 6.45) is 1.74. The second kappa shape index (κ2) is 6.91. The first kappa shape index (κ1) is 15.0. The first-order chi connectivity index (χ1) is 11.3. The summed E-state index contributed by atoms with van der Waals surface area (Å²) in [5.41, 5.74) is 2.18. The molecule has 0 amide bonds. The van der Waals surface area contributed by atoms with Crippen molar-refractivity contribution in [3.05, 3.63) is 88.8 Å². The quantitative estimate of drug-likeness (QED) is 0.782. The van der Waals surface area contributed by atoms with Crippen LogP contribution in [0, 0.1) is 11.3 Å². The number of anilines is 1. The van der Waals surface area contributed by atoms with E-state index in [0.29, 0.717) is 16.5 Å². The fourth-order valence-corrected chi connectivity index (χ4v) is 2.48. The van der Waals surface area contributed by atoms with Crippen LogP contribution in [0.2, 0.25) is 5.02 Å². The summed E-state index contributed by atoms with van der Waals surface area (Å²) in [7, 11) is 0. The Morgan fingerprint density at radius 1 is 1.04 bits per heavy atom.